The van der Waals surface area contributed by atoms with Crippen molar-refractivity contribution in [3.05, 3.63) is 59.1 Å². The maximum Gasteiger partial charge on any atom is 0.313 e. The maximum atomic E-state index is 12.2. The van der Waals surface area contributed by atoms with Gasteiger partial charge < -0.3 is 20.1 Å². The van der Waals surface area contributed by atoms with Crippen molar-refractivity contribution in [3.63, 3.8) is 0 Å². The molecule has 2 N–H and O–H groups in total. The van der Waals surface area contributed by atoms with Crippen molar-refractivity contribution >= 4 is 29.1 Å². The normalized spacial score (nSPS) is 12.7. The van der Waals surface area contributed by atoms with Gasteiger partial charge in [-0.05, 0) is 43.7 Å². The number of benzene rings is 2. The third kappa shape index (κ3) is 5.45. The minimum Gasteiger partial charge on any atom is -0.492 e. The van der Waals surface area contributed by atoms with Crippen LogP contribution in [0.2, 0.25) is 5.02 Å². The van der Waals surface area contributed by atoms with Crippen LogP contribution in [-0.2, 0) is 19.9 Å². The fourth-order valence-corrected chi connectivity index (χ4v) is 2.66. The van der Waals surface area contributed by atoms with Gasteiger partial charge in [-0.15, -0.1) is 0 Å². The number of rotatable bonds is 7. The molecule has 0 saturated carbocycles. The highest BCUT2D eigenvalue weighted by Gasteiger charge is 2.28. The molecule has 2 amide bonds. The topological polar surface area (TPSA) is 76.7 Å². The van der Waals surface area contributed by atoms with Crippen LogP contribution >= 0.6 is 11.6 Å². The van der Waals surface area contributed by atoms with Crippen LogP contribution in [0.15, 0.2) is 48.5 Å². The van der Waals surface area contributed by atoms with Crippen LogP contribution < -0.4 is 15.4 Å². The predicted octanol–water partition coefficient (Wildman–Crippen LogP) is 3.36. The largest absolute Gasteiger partial charge is 0.492 e. The summed E-state index contributed by atoms with van der Waals surface area (Å²) in [5.41, 5.74) is 0.396. The van der Waals surface area contributed by atoms with E-state index < -0.39 is 17.4 Å². The minimum absolute atomic E-state index is 0.100. The molecule has 0 aliphatic carbocycles. The second-order valence-electron chi connectivity index (χ2n) is 6.01. The number of anilines is 1. The van der Waals surface area contributed by atoms with Crippen LogP contribution in [-0.4, -0.2) is 32.1 Å². The van der Waals surface area contributed by atoms with Gasteiger partial charge in [0.2, 0.25) is 0 Å². The molecule has 7 heteroatoms. The van der Waals surface area contributed by atoms with Gasteiger partial charge in [0.25, 0.3) is 0 Å². The van der Waals surface area contributed by atoms with Gasteiger partial charge in [0, 0.05) is 12.1 Å². The van der Waals surface area contributed by atoms with Crippen molar-refractivity contribution in [2.24, 2.45) is 0 Å². The van der Waals surface area contributed by atoms with Crippen LogP contribution in [0.5, 0.6) is 5.75 Å². The number of para-hydroxylation sites is 2. The standard InChI is InChI=1S/C20H23ClN2O4/c1-4-27-17-11-6-5-10-16(17)23-19(25)18(24)22-13-20(2,26-3)14-8-7-9-15(21)12-14/h5-12H,4,13H2,1-3H3,(H,22,24)(H,23,25). The van der Waals surface area contributed by atoms with Crippen molar-refractivity contribution in [2.45, 2.75) is 19.4 Å². The second-order valence-corrected chi connectivity index (χ2v) is 6.45. The molecule has 2 aromatic rings. The first kappa shape index (κ1) is 20.7. The van der Waals surface area contributed by atoms with E-state index in [9.17, 15) is 9.59 Å². The molecular weight excluding hydrogens is 368 g/mol. The summed E-state index contributed by atoms with van der Waals surface area (Å²) in [5, 5.41) is 5.73. The van der Waals surface area contributed by atoms with Crippen molar-refractivity contribution in [2.75, 3.05) is 25.6 Å². The lowest BCUT2D eigenvalue weighted by molar-refractivity contribution is -0.137. The molecule has 0 aliphatic rings. The van der Waals surface area contributed by atoms with Gasteiger partial charge in [-0.1, -0.05) is 35.9 Å². The van der Waals surface area contributed by atoms with E-state index in [2.05, 4.69) is 10.6 Å². The number of halogens is 1. The van der Waals surface area contributed by atoms with Crippen molar-refractivity contribution in [1.82, 2.24) is 5.32 Å². The fourth-order valence-electron chi connectivity index (χ4n) is 2.47. The summed E-state index contributed by atoms with van der Waals surface area (Å²) in [6, 6.07) is 14.1. The van der Waals surface area contributed by atoms with Gasteiger partial charge in [-0.2, -0.15) is 0 Å². The molecule has 1 unspecified atom stereocenters. The molecule has 0 radical (unpaired) electrons. The number of nitrogens with one attached hydrogen (secondary N) is 2. The zero-order chi connectivity index (χ0) is 19.9. The Kier molecular flexibility index (Phi) is 7.21. The van der Waals surface area contributed by atoms with Gasteiger partial charge in [-0.25, -0.2) is 0 Å². The molecule has 0 saturated heterocycles. The van der Waals surface area contributed by atoms with E-state index >= 15 is 0 Å². The van der Waals surface area contributed by atoms with E-state index in [1.807, 2.05) is 13.0 Å². The summed E-state index contributed by atoms with van der Waals surface area (Å²) in [4.78, 5) is 24.5. The molecule has 0 aliphatic heterocycles. The summed E-state index contributed by atoms with van der Waals surface area (Å²) in [7, 11) is 1.53. The van der Waals surface area contributed by atoms with Gasteiger partial charge in [0.05, 0.1) is 18.8 Å². The van der Waals surface area contributed by atoms with Gasteiger partial charge in [0.15, 0.2) is 0 Å². The Labute approximate surface area is 163 Å². The summed E-state index contributed by atoms with van der Waals surface area (Å²) < 4.78 is 11.0. The van der Waals surface area contributed by atoms with Gasteiger partial charge in [0.1, 0.15) is 11.4 Å². The minimum atomic E-state index is -0.829. The Balaban J connectivity index is 2.03. The van der Waals surface area contributed by atoms with Crippen LogP contribution in [0, 0.1) is 0 Å². The highest BCUT2D eigenvalue weighted by atomic mass is 35.5. The molecule has 2 aromatic carbocycles. The number of amides is 2. The molecule has 144 valence electrons. The third-order valence-electron chi connectivity index (χ3n) is 4.11. The number of hydrogen-bond donors (Lipinski definition) is 2. The molecule has 1 atom stereocenters. The molecular formula is C20H23ClN2O4. The summed E-state index contributed by atoms with van der Waals surface area (Å²) in [6.45, 7) is 4.20. The molecule has 27 heavy (non-hydrogen) atoms. The molecule has 2 rings (SSSR count). The van der Waals surface area contributed by atoms with Crippen molar-refractivity contribution < 1.29 is 19.1 Å². The monoisotopic (exact) mass is 390 g/mol. The highest BCUT2D eigenvalue weighted by Crippen LogP contribution is 2.26. The molecule has 0 spiro atoms. The molecule has 0 fully saturated rings. The summed E-state index contributed by atoms with van der Waals surface area (Å²) in [6.07, 6.45) is 0. The number of hydrogen-bond acceptors (Lipinski definition) is 4. The van der Waals surface area contributed by atoms with Crippen molar-refractivity contribution in [3.8, 4) is 5.75 Å². The van der Waals surface area contributed by atoms with E-state index in [1.54, 1.807) is 49.4 Å². The Morgan fingerprint density at radius 1 is 1.11 bits per heavy atom. The van der Waals surface area contributed by atoms with Crippen LogP contribution in [0.1, 0.15) is 19.4 Å². The lowest BCUT2D eigenvalue weighted by atomic mass is 9.95. The number of carbonyl (C=O) groups is 2. The third-order valence-corrected chi connectivity index (χ3v) is 4.35. The van der Waals surface area contributed by atoms with Crippen molar-refractivity contribution in [1.29, 1.82) is 0 Å². The average molecular weight is 391 g/mol. The summed E-state index contributed by atoms with van der Waals surface area (Å²) >= 11 is 6.03. The zero-order valence-electron chi connectivity index (χ0n) is 15.5. The lowest BCUT2D eigenvalue weighted by Gasteiger charge is -2.29. The first-order valence-corrected chi connectivity index (χ1v) is 8.89. The molecule has 0 heterocycles. The smallest absolute Gasteiger partial charge is 0.313 e. The number of methoxy groups -OCH3 is 1. The van der Waals surface area contributed by atoms with Gasteiger partial charge in [-0.3, -0.25) is 9.59 Å². The van der Waals surface area contributed by atoms with E-state index in [1.165, 1.54) is 7.11 Å². The highest BCUT2D eigenvalue weighted by molar-refractivity contribution is 6.39. The van der Waals surface area contributed by atoms with E-state index in [4.69, 9.17) is 21.1 Å². The van der Waals surface area contributed by atoms with E-state index in [-0.39, 0.29) is 6.54 Å². The van der Waals surface area contributed by atoms with Crippen LogP contribution in [0.4, 0.5) is 5.69 Å². The number of carbonyl (C=O) groups excluding carboxylic acids is 2. The van der Waals surface area contributed by atoms with E-state index in [0.717, 1.165) is 5.56 Å². The second kappa shape index (κ2) is 9.39. The Morgan fingerprint density at radius 2 is 1.85 bits per heavy atom. The maximum absolute atomic E-state index is 12.2. The average Bonchev–Trinajstić information content (AvgIpc) is 2.67. The number of ether oxygens (including phenoxy) is 2. The SMILES string of the molecule is CCOc1ccccc1NC(=O)C(=O)NCC(C)(OC)c1cccc(Cl)c1. The fraction of sp³-hybridized carbons (Fsp3) is 0.300. The summed E-state index contributed by atoms with van der Waals surface area (Å²) in [5.74, 6) is -1.06. The Morgan fingerprint density at radius 3 is 2.52 bits per heavy atom. The quantitative estimate of drug-likeness (QED) is 0.711. The zero-order valence-corrected chi connectivity index (χ0v) is 16.3. The molecule has 6 nitrogen and oxygen atoms in total. The molecule has 0 aromatic heterocycles. The first-order chi connectivity index (χ1) is 12.9. The first-order valence-electron chi connectivity index (χ1n) is 8.52. The van der Waals surface area contributed by atoms with Gasteiger partial charge >= 0.3 is 11.8 Å². The molecule has 0 bridgehead atoms. The lowest BCUT2D eigenvalue weighted by Crippen LogP contribution is -2.44. The van der Waals surface area contributed by atoms with E-state index in [0.29, 0.717) is 23.1 Å². The van der Waals surface area contributed by atoms with Crippen LogP contribution in [0.25, 0.3) is 0 Å². The predicted molar refractivity (Wildman–Crippen MR) is 105 cm³/mol. The Hall–Kier alpha value is -2.57. The van der Waals surface area contributed by atoms with Crippen LogP contribution in [0.3, 0.4) is 0 Å². The Bertz CT molecular complexity index is 812.